The van der Waals surface area contributed by atoms with E-state index < -0.39 is 5.97 Å². The van der Waals surface area contributed by atoms with Crippen LogP contribution in [0.2, 0.25) is 0 Å². The SMILES string of the molecule is CCN(CCCSc1cc(C)c(OCC(=O)OC)cc1OC)Cc1ccccc1. The average Bonchev–Trinajstić information content (AvgIpc) is 2.75. The summed E-state index contributed by atoms with van der Waals surface area (Å²) in [6.07, 6.45) is 1.09. The lowest BCUT2D eigenvalue weighted by Crippen LogP contribution is -2.24. The molecule has 2 rings (SSSR count). The summed E-state index contributed by atoms with van der Waals surface area (Å²) in [4.78, 5) is 14.8. The van der Waals surface area contributed by atoms with Gasteiger partial charge in [0.1, 0.15) is 11.5 Å². The van der Waals surface area contributed by atoms with Gasteiger partial charge in [-0.1, -0.05) is 37.3 Å². The molecule has 0 saturated heterocycles. The van der Waals surface area contributed by atoms with Crippen LogP contribution in [-0.2, 0) is 16.1 Å². The molecule has 0 bridgehead atoms. The Labute approximate surface area is 178 Å². The predicted octanol–water partition coefficient (Wildman–Crippen LogP) is 4.56. The zero-order valence-corrected chi connectivity index (χ0v) is 18.6. The number of hydrogen-bond acceptors (Lipinski definition) is 6. The van der Waals surface area contributed by atoms with E-state index in [0.29, 0.717) is 5.75 Å². The number of aryl methyl sites for hydroxylation is 1. The average molecular weight is 418 g/mol. The molecule has 0 aliphatic carbocycles. The molecule has 0 spiro atoms. The molecule has 29 heavy (non-hydrogen) atoms. The third-order valence-corrected chi connectivity index (χ3v) is 5.73. The monoisotopic (exact) mass is 417 g/mol. The molecule has 0 saturated carbocycles. The highest BCUT2D eigenvalue weighted by atomic mass is 32.2. The number of carbonyl (C=O) groups is 1. The van der Waals surface area contributed by atoms with Gasteiger partial charge in [-0.2, -0.15) is 0 Å². The first-order valence-corrected chi connectivity index (χ1v) is 10.8. The second-order valence-electron chi connectivity index (χ2n) is 6.69. The third-order valence-electron chi connectivity index (χ3n) is 4.61. The molecule has 0 fully saturated rings. The van der Waals surface area contributed by atoms with Crippen molar-refractivity contribution in [3.63, 3.8) is 0 Å². The fraction of sp³-hybridized carbons (Fsp3) is 0.435. The second-order valence-corrected chi connectivity index (χ2v) is 7.83. The summed E-state index contributed by atoms with van der Waals surface area (Å²) >= 11 is 1.78. The number of hydrogen-bond donors (Lipinski definition) is 0. The number of rotatable bonds is 12. The van der Waals surface area contributed by atoms with E-state index >= 15 is 0 Å². The van der Waals surface area contributed by atoms with Gasteiger partial charge in [0.25, 0.3) is 0 Å². The van der Waals surface area contributed by atoms with Crippen LogP contribution in [0.25, 0.3) is 0 Å². The maximum absolute atomic E-state index is 11.3. The van der Waals surface area contributed by atoms with Crippen LogP contribution in [0.4, 0.5) is 0 Å². The lowest BCUT2D eigenvalue weighted by Gasteiger charge is -2.20. The van der Waals surface area contributed by atoms with Crippen molar-refractivity contribution in [3.05, 3.63) is 53.6 Å². The molecule has 0 aliphatic heterocycles. The molecule has 2 aromatic rings. The lowest BCUT2D eigenvalue weighted by atomic mass is 10.2. The molecule has 0 aromatic heterocycles. The van der Waals surface area contributed by atoms with Crippen LogP contribution in [0.3, 0.4) is 0 Å². The van der Waals surface area contributed by atoms with Crippen LogP contribution in [0.1, 0.15) is 24.5 Å². The number of ether oxygens (including phenoxy) is 3. The molecule has 6 heteroatoms. The quantitative estimate of drug-likeness (QED) is 0.287. The molecule has 0 unspecified atom stereocenters. The van der Waals surface area contributed by atoms with Crippen LogP contribution >= 0.6 is 11.8 Å². The van der Waals surface area contributed by atoms with Crippen molar-refractivity contribution < 1.29 is 19.0 Å². The first-order valence-electron chi connectivity index (χ1n) is 9.84. The van der Waals surface area contributed by atoms with Gasteiger partial charge in [-0.3, -0.25) is 4.90 Å². The molecular weight excluding hydrogens is 386 g/mol. The molecule has 0 atom stereocenters. The van der Waals surface area contributed by atoms with Crippen LogP contribution in [0.15, 0.2) is 47.4 Å². The predicted molar refractivity (Wildman–Crippen MR) is 118 cm³/mol. The third kappa shape index (κ3) is 7.63. The standard InChI is InChI=1S/C23H31NO4S/c1-5-24(16-19-10-7-6-8-11-19)12-9-13-29-22-14-18(2)20(15-21(22)26-3)28-17-23(25)27-4/h6-8,10-11,14-15H,5,9,12-13,16-17H2,1-4H3. The van der Waals surface area contributed by atoms with Gasteiger partial charge < -0.3 is 14.2 Å². The Bertz CT molecular complexity index is 767. The summed E-state index contributed by atoms with van der Waals surface area (Å²) in [6.45, 7) is 7.14. The Kier molecular flexibility index (Phi) is 9.88. The molecule has 0 N–H and O–H groups in total. The van der Waals surface area contributed by atoms with Crippen LogP contribution in [-0.4, -0.2) is 50.5 Å². The Morgan fingerprint density at radius 2 is 1.86 bits per heavy atom. The summed E-state index contributed by atoms with van der Waals surface area (Å²) in [5, 5.41) is 0. The van der Waals surface area contributed by atoms with Gasteiger partial charge in [-0.05, 0) is 49.4 Å². The molecule has 2 aromatic carbocycles. The van der Waals surface area contributed by atoms with Gasteiger partial charge in [-0.25, -0.2) is 4.79 Å². The molecule has 5 nitrogen and oxygen atoms in total. The van der Waals surface area contributed by atoms with E-state index in [9.17, 15) is 4.79 Å². The largest absolute Gasteiger partial charge is 0.495 e. The number of thioether (sulfide) groups is 1. The van der Waals surface area contributed by atoms with Gasteiger partial charge in [0, 0.05) is 17.5 Å². The Hall–Kier alpha value is -2.18. The van der Waals surface area contributed by atoms with E-state index in [1.54, 1.807) is 18.9 Å². The highest BCUT2D eigenvalue weighted by molar-refractivity contribution is 7.99. The van der Waals surface area contributed by atoms with E-state index in [1.165, 1.54) is 12.7 Å². The summed E-state index contributed by atoms with van der Waals surface area (Å²) in [5.41, 5.74) is 2.32. The van der Waals surface area contributed by atoms with E-state index in [2.05, 4.69) is 53.0 Å². The van der Waals surface area contributed by atoms with Crippen molar-refractivity contribution in [2.45, 2.75) is 31.7 Å². The number of esters is 1. The first-order chi connectivity index (χ1) is 14.1. The number of methoxy groups -OCH3 is 2. The molecule has 158 valence electrons. The molecule has 0 radical (unpaired) electrons. The summed E-state index contributed by atoms with van der Waals surface area (Å²) in [7, 11) is 3.00. The molecule has 0 aliphatic rings. The fourth-order valence-electron chi connectivity index (χ4n) is 2.93. The minimum atomic E-state index is -0.405. The van der Waals surface area contributed by atoms with Crippen molar-refractivity contribution in [3.8, 4) is 11.5 Å². The minimum Gasteiger partial charge on any atom is -0.495 e. The van der Waals surface area contributed by atoms with Crippen LogP contribution < -0.4 is 9.47 Å². The summed E-state index contributed by atoms with van der Waals surface area (Å²) in [5.74, 6) is 2.00. The fourth-order valence-corrected chi connectivity index (χ4v) is 3.97. The second kappa shape index (κ2) is 12.4. The van der Waals surface area contributed by atoms with Crippen molar-refractivity contribution in [2.24, 2.45) is 0 Å². The van der Waals surface area contributed by atoms with Gasteiger partial charge in [0.05, 0.1) is 14.2 Å². The number of nitrogens with zero attached hydrogens (tertiary/aromatic N) is 1. The number of benzene rings is 2. The summed E-state index contributed by atoms with van der Waals surface area (Å²) in [6, 6.07) is 14.5. The molecular formula is C23H31NO4S. The smallest absolute Gasteiger partial charge is 0.343 e. The van der Waals surface area contributed by atoms with Gasteiger partial charge >= 0.3 is 5.97 Å². The van der Waals surface area contributed by atoms with E-state index in [1.807, 2.05) is 13.0 Å². The van der Waals surface area contributed by atoms with Crippen molar-refractivity contribution >= 4 is 17.7 Å². The van der Waals surface area contributed by atoms with Gasteiger partial charge in [0.2, 0.25) is 0 Å². The van der Waals surface area contributed by atoms with Gasteiger partial charge in [-0.15, -0.1) is 11.8 Å². The van der Waals surface area contributed by atoms with E-state index in [0.717, 1.165) is 48.0 Å². The zero-order valence-electron chi connectivity index (χ0n) is 17.8. The van der Waals surface area contributed by atoms with Crippen LogP contribution in [0.5, 0.6) is 11.5 Å². The van der Waals surface area contributed by atoms with Crippen molar-refractivity contribution in [1.82, 2.24) is 4.90 Å². The lowest BCUT2D eigenvalue weighted by molar-refractivity contribution is -0.142. The minimum absolute atomic E-state index is 0.110. The summed E-state index contributed by atoms with van der Waals surface area (Å²) < 4.78 is 15.7. The highest BCUT2D eigenvalue weighted by Gasteiger charge is 2.12. The van der Waals surface area contributed by atoms with Crippen molar-refractivity contribution in [2.75, 3.05) is 39.7 Å². The van der Waals surface area contributed by atoms with Crippen molar-refractivity contribution in [1.29, 1.82) is 0 Å². The van der Waals surface area contributed by atoms with E-state index in [4.69, 9.17) is 9.47 Å². The Morgan fingerprint density at radius 3 is 2.52 bits per heavy atom. The maximum Gasteiger partial charge on any atom is 0.343 e. The molecule has 0 heterocycles. The normalized spacial score (nSPS) is 10.8. The zero-order chi connectivity index (χ0) is 21.1. The van der Waals surface area contributed by atoms with Crippen LogP contribution in [0, 0.1) is 6.92 Å². The Balaban J connectivity index is 1.87. The Morgan fingerprint density at radius 1 is 1.10 bits per heavy atom. The maximum atomic E-state index is 11.3. The van der Waals surface area contributed by atoms with E-state index in [-0.39, 0.29) is 6.61 Å². The molecule has 0 amide bonds. The van der Waals surface area contributed by atoms with Gasteiger partial charge in [0.15, 0.2) is 6.61 Å². The highest BCUT2D eigenvalue weighted by Crippen LogP contribution is 2.35. The topological polar surface area (TPSA) is 48.0 Å². The number of carbonyl (C=O) groups excluding carboxylic acids is 1. The first kappa shape index (κ1) is 23.1.